The summed E-state index contributed by atoms with van der Waals surface area (Å²) >= 11 is 0. The molecular weight excluding hydrogens is 398 g/mol. The van der Waals surface area contributed by atoms with Crippen LogP contribution in [0.15, 0.2) is 42.5 Å². The molecule has 0 unspecified atom stereocenters. The van der Waals surface area contributed by atoms with E-state index in [0.717, 1.165) is 31.1 Å². The third kappa shape index (κ3) is 6.27. The lowest BCUT2D eigenvalue weighted by atomic mass is 10.2. The van der Waals surface area contributed by atoms with Gasteiger partial charge in [0.15, 0.2) is 18.1 Å². The summed E-state index contributed by atoms with van der Waals surface area (Å²) in [5.74, 6) is 2.43. The van der Waals surface area contributed by atoms with Gasteiger partial charge in [-0.05, 0) is 36.4 Å². The van der Waals surface area contributed by atoms with Crippen LogP contribution in [0.4, 0.5) is 0 Å². The molecule has 0 aliphatic carbocycles. The minimum atomic E-state index is -0.0689. The zero-order chi connectivity index (χ0) is 22.1. The van der Waals surface area contributed by atoms with Gasteiger partial charge in [0.25, 0.3) is 5.91 Å². The standard InChI is InChI=1S/C23H27N3O5/c1-28-19-4-6-20(7-5-19)30-14-13-25-9-11-26(12-10-25)23(27)17-31-21-8-3-18(16-24)15-22(21)29-2/h3-8,15H,9-14,17H2,1-2H3. The Morgan fingerprint density at radius 2 is 1.65 bits per heavy atom. The number of amides is 1. The molecule has 31 heavy (non-hydrogen) atoms. The second kappa shape index (κ2) is 11.1. The van der Waals surface area contributed by atoms with E-state index >= 15 is 0 Å². The van der Waals surface area contributed by atoms with E-state index in [1.165, 1.54) is 7.11 Å². The number of ether oxygens (including phenoxy) is 4. The Kier molecular flexibility index (Phi) is 7.96. The number of hydrogen-bond donors (Lipinski definition) is 0. The van der Waals surface area contributed by atoms with Crippen molar-refractivity contribution >= 4 is 5.91 Å². The summed E-state index contributed by atoms with van der Waals surface area (Å²) in [4.78, 5) is 16.6. The normalized spacial score (nSPS) is 13.9. The van der Waals surface area contributed by atoms with Gasteiger partial charge < -0.3 is 23.8 Å². The van der Waals surface area contributed by atoms with Crippen LogP contribution in [-0.4, -0.2) is 75.9 Å². The Morgan fingerprint density at radius 3 is 2.29 bits per heavy atom. The molecule has 0 aromatic heterocycles. The highest BCUT2D eigenvalue weighted by atomic mass is 16.5. The van der Waals surface area contributed by atoms with Crippen molar-refractivity contribution in [1.82, 2.24) is 9.80 Å². The maximum absolute atomic E-state index is 12.5. The predicted molar refractivity (Wildman–Crippen MR) is 115 cm³/mol. The van der Waals surface area contributed by atoms with E-state index in [0.29, 0.717) is 36.8 Å². The van der Waals surface area contributed by atoms with Gasteiger partial charge in [-0.3, -0.25) is 9.69 Å². The molecule has 0 saturated carbocycles. The van der Waals surface area contributed by atoms with E-state index in [-0.39, 0.29) is 12.5 Å². The molecule has 1 fully saturated rings. The Labute approximate surface area is 182 Å². The van der Waals surface area contributed by atoms with E-state index in [1.54, 1.807) is 30.2 Å². The number of hydrogen-bond acceptors (Lipinski definition) is 7. The van der Waals surface area contributed by atoms with Crippen LogP contribution in [-0.2, 0) is 4.79 Å². The summed E-state index contributed by atoms with van der Waals surface area (Å²) in [6.45, 7) is 4.19. The van der Waals surface area contributed by atoms with Crippen LogP contribution in [0.1, 0.15) is 5.56 Å². The topological polar surface area (TPSA) is 84.3 Å². The van der Waals surface area contributed by atoms with Crippen molar-refractivity contribution in [2.45, 2.75) is 0 Å². The molecule has 2 aromatic carbocycles. The molecule has 0 N–H and O–H groups in total. The maximum Gasteiger partial charge on any atom is 0.260 e. The lowest BCUT2D eigenvalue weighted by molar-refractivity contribution is -0.135. The van der Waals surface area contributed by atoms with Gasteiger partial charge in [0.2, 0.25) is 0 Å². The van der Waals surface area contributed by atoms with Crippen LogP contribution in [0.2, 0.25) is 0 Å². The van der Waals surface area contributed by atoms with Gasteiger partial charge in [0.05, 0.1) is 25.9 Å². The third-order valence-electron chi connectivity index (χ3n) is 5.10. The maximum atomic E-state index is 12.5. The first-order chi connectivity index (χ1) is 15.1. The second-order valence-electron chi connectivity index (χ2n) is 7.01. The number of nitrogens with zero attached hydrogens (tertiary/aromatic N) is 3. The number of benzene rings is 2. The van der Waals surface area contributed by atoms with Gasteiger partial charge in [0.1, 0.15) is 18.1 Å². The zero-order valence-electron chi connectivity index (χ0n) is 17.9. The van der Waals surface area contributed by atoms with Crippen molar-refractivity contribution in [3.8, 4) is 29.1 Å². The Morgan fingerprint density at radius 1 is 0.935 bits per heavy atom. The first-order valence-electron chi connectivity index (χ1n) is 10.1. The van der Waals surface area contributed by atoms with Crippen LogP contribution in [0.25, 0.3) is 0 Å². The first-order valence-corrected chi connectivity index (χ1v) is 10.1. The van der Waals surface area contributed by atoms with Crippen LogP contribution in [0, 0.1) is 11.3 Å². The molecule has 1 amide bonds. The summed E-state index contributed by atoms with van der Waals surface area (Å²) in [6.07, 6.45) is 0. The summed E-state index contributed by atoms with van der Waals surface area (Å²) in [6, 6.07) is 14.4. The number of carbonyl (C=O) groups excluding carboxylic acids is 1. The molecular formula is C23H27N3O5. The number of carbonyl (C=O) groups is 1. The van der Waals surface area contributed by atoms with Crippen LogP contribution in [0.5, 0.6) is 23.0 Å². The first kappa shape index (κ1) is 22.2. The Hall–Kier alpha value is -3.44. The summed E-state index contributed by atoms with van der Waals surface area (Å²) in [5.41, 5.74) is 0.475. The lowest BCUT2D eigenvalue weighted by Crippen LogP contribution is -2.50. The average Bonchev–Trinajstić information content (AvgIpc) is 2.83. The van der Waals surface area contributed by atoms with Gasteiger partial charge >= 0.3 is 0 Å². The van der Waals surface area contributed by atoms with E-state index in [9.17, 15) is 4.79 Å². The van der Waals surface area contributed by atoms with Crippen molar-refractivity contribution in [3.05, 3.63) is 48.0 Å². The van der Waals surface area contributed by atoms with Crippen molar-refractivity contribution < 1.29 is 23.7 Å². The van der Waals surface area contributed by atoms with Crippen molar-refractivity contribution in [1.29, 1.82) is 5.26 Å². The van der Waals surface area contributed by atoms with E-state index < -0.39 is 0 Å². The second-order valence-corrected chi connectivity index (χ2v) is 7.01. The van der Waals surface area contributed by atoms with E-state index in [4.69, 9.17) is 24.2 Å². The van der Waals surface area contributed by atoms with Gasteiger partial charge in [-0.25, -0.2) is 0 Å². The molecule has 2 aromatic rings. The fraction of sp³-hybridized carbons (Fsp3) is 0.391. The summed E-state index contributed by atoms with van der Waals surface area (Å²) in [5, 5.41) is 8.97. The number of rotatable bonds is 9. The number of piperazine rings is 1. The molecule has 3 rings (SSSR count). The van der Waals surface area contributed by atoms with Crippen LogP contribution >= 0.6 is 0 Å². The Balaban J connectivity index is 1.38. The zero-order valence-corrected chi connectivity index (χ0v) is 17.9. The summed E-state index contributed by atoms with van der Waals surface area (Å²) in [7, 11) is 3.14. The number of methoxy groups -OCH3 is 2. The molecule has 8 heteroatoms. The average molecular weight is 425 g/mol. The SMILES string of the molecule is COc1ccc(OCCN2CCN(C(=O)COc3ccc(C#N)cc3OC)CC2)cc1. The van der Waals surface area contributed by atoms with Crippen molar-refractivity contribution in [3.63, 3.8) is 0 Å². The van der Waals surface area contributed by atoms with Gasteiger partial charge in [0, 0.05) is 38.8 Å². The monoisotopic (exact) mass is 425 g/mol. The predicted octanol–water partition coefficient (Wildman–Crippen LogP) is 2.18. The number of nitriles is 1. The molecule has 8 nitrogen and oxygen atoms in total. The highest BCUT2D eigenvalue weighted by molar-refractivity contribution is 5.78. The highest BCUT2D eigenvalue weighted by Gasteiger charge is 2.21. The minimum Gasteiger partial charge on any atom is -0.497 e. The molecule has 164 valence electrons. The molecule has 0 spiro atoms. The largest absolute Gasteiger partial charge is 0.497 e. The molecule has 0 atom stereocenters. The lowest BCUT2D eigenvalue weighted by Gasteiger charge is -2.34. The van der Waals surface area contributed by atoms with Crippen molar-refractivity contribution in [2.24, 2.45) is 0 Å². The van der Waals surface area contributed by atoms with E-state index in [2.05, 4.69) is 4.90 Å². The Bertz CT molecular complexity index is 902. The molecule has 1 heterocycles. The molecule has 1 saturated heterocycles. The molecule has 0 radical (unpaired) electrons. The minimum absolute atomic E-state index is 0.0666. The van der Waals surface area contributed by atoms with E-state index in [1.807, 2.05) is 30.3 Å². The smallest absolute Gasteiger partial charge is 0.260 e. The van der Waals surface area contributed by atoms with Gasteiger partial charge in [-0.1, -0.05) is 0 Å². The quantitative estimate of drug-likeness (QED) is 0.609. The third-order valence-corrected chi connectivity index (χ3v) is 5.10. The van der Waals surface area contributed by atoms with Crippen molar-refractivity contribution in [2.75, 3.05) is 60.2 Å². The molecule has 1 aliphatic heterocycles. The van der Waals surface area contributed by atoms with Gasteiger partial charge in [-0.2, -0.15) is 5.26 Å². The molecule has 0 bridgehead atoms. The van der Waals surface area contributed by atoms with Crippen LogP contribution < -0.4 is 18.9 Å². The fourth-order valence-corrected chi connectivity index (χ4v) is 3.27. The summed E-state index contributed by atoms with van der Waals surface area (Å²) < 4.78 is 21.8. The van der Waals surface area contributed by atoms with Crippen LogP contribution in [0.3, 0.4) is 0 Å². The highest BCUT2D eigenvalue weighted by Crippen LogP contribution is 2.27. The molecule has 1 aliphatic rings. The van der Waals surface area contributed by atoms with Gasteiger partial charge in [-0.15, -0.1) is 0 Å². The fourth-order valence-electron chi connectivity index (χ4n) is 3.27.